The number of ether oxygens (including phenoxy) is 1. The van der Waals surface area contributed by atoms with Gasteiger partial charge in [-0.25, -0.2) is 8.42 Å². The molecule has 168 valence electrons. The molecule has 1 aliphatic carbocycles. The van der Waals surface area contributed by atoms with Crippen molar-refractivity contribution in [3.63, 3.8) is 0 Å². The molecule has 2 aromatic carbocycles. The third-order valence-electron chi connectivity index (χ3n) is 6.31. The molecule has 1 N–H and O–H groups in total. The van der Waals surface area contributed by atoms with Gasteiger partial charge in [-0.15, -0.1) is 0 Å². The lowest BCUT2D eigenvalue weighted by Gasteiger charge is -2.30. The van der Waals surface area contributed by atoms with Gasteiger partial charge in [0.2, 0.25) is 10.0 Å². The first kappa shape index (κ1) is 23.3. The van der Waals surface area contributed by atoms with Gasteiger partial charge < -0.3 is 10.1 Å². The second kappa shape index (κ2) is 9.83. The molecular formula is C24H32N2O4S. The van der Waals surface area contributed by atoms with E-state index in [4.69, 9.17) is 4.74 Å². The molecule has 0 radical (unpaired) electrons. The molecule has 0 saturated heterocycles. The third-order valence-corrected chi connectivity index (χ3v) is 8.37. The van der Waals surface area contributed by atoms with Crippen LogP contribution in [0.4, 0.5) is 0 Å². The Hall–Kier alpha value is -2.38. The van der Waals surface area contributed by atoms with E-state index in [2.05, 4.69) is 17.4 Å². The van der Waals surface area contributed by atoms with Crippen molar-refractivity contribution in [2.24, 2.45) is 0 Å². The molecule has 0 aliphatic heterocycles. The molecule has 1 aliphatic rings. The van der Waals surface area contributed by atoms with E-state index in [1.54, 1.807) is 19.2 Å². The molecule has 7 heteroatoms. The van der Waals surface area contributed by atoms with E-state index in [9.17, 15) is 13.2 Å². The molecule has 31 heavy (non-hydrogen) atoms. The van der Waals surface area contributed by atoms with Crippen molar-refractivity contribution in [3.8, 4) is 5.75 Å². The highest BCUT2D eigenvalue weighted by Crippen LogP contribution is 2.41. The largest absolute Gasteiger partial charge is 0.497 e. The van der Waals surface area contributed by atoms with Crippen molar-refractivity contribution in [2.45, 2.75) is 49.8 Å². The number of nitrogens with zero attached hydrogens (tertiary/aromatic N) is 1. The lowest BCUT2D eigenvalue weighted by atomic mass is 9.78. The maximum absolute atomic E-state index is 12.8. The Labute approximate surface area is 185 Å². The summed E-state index contributed by atoms with van der Waals surface area (Å²) in [6.45, 7) is 5.00. The Morgan fingerprint density at radius 2 is 1.58 bits per heavy atom. The summed E-state index contributed by atoms with van der Waals surface area (Å²) in [5.74, 6) is 0.632. The van der Waals surface area contributed by atoms with Crippen LogP contribution in [0.3, 0.4) is 0 Å². The van der Waals surface area contributed by atoms with Gasteiger partial charge in [0, 0.05) is 30.6 Å². The lowest BCUT2D eigenvalue weighted by molar-refractivity contribution is 0.0943. The van der Waals surface area contributed by atoms with Crippen LogP contribution in [0.25, 0.3) is 0 Å². The Morgan fingerprint density at radius 1 is 1.00 bits per heavy atom. The maximum Gasteiger partial charge on any atom is 0.251 e. The van der Waals surface area contributed by atoms with Crippen LogP contribution in [-0.2, 0) is 15.4 Å². The average Bonchev–Trinajstić information content (AvgIpc) is 3.28. The second-order valence-electron chi connectivity index (χ2n) is 8.01. The Morgan fingerprint density at radius 3 is 2.10 bits per heavy atom. The highest BCUT2D eigenvalue weighted by molar-refractivity contribution is 7.89. The molecule has 0 unspecified atom stereocenters. The van der Waals surface area contributed by atoms with Crippen molar-refractivity contribution in [1.82, 2.24) is 9.62 Å². The predicted molar refractivity (Wildman–Crippen MR) is 122 cm³/mol. The zero-order valence-corrected chi connectivity index (χ0v) is 19.4. The number of sulfonamides is 1. The highest BCUT2D eigenvalue weighted by Gasteiger charge is 2.36. The molecule has 0 atom stereocenters. The van der Waals surface area contributed by atoms with Crippen LogP contribution in [0.5, 0.6) is 5.75 Å². The smallest absolute Gasteiger partial charge is 0.251 e. The maximum atomic E-state index is 12.8. The topological polar surface area (TPSA) is 75.7 Å². The first-order chi connectivity index (χ1) is 14.9. The fourth-order valence-corrected chi connectivity index (χ4v) is 5.86. The molecule has 0 aromatic heterocycles. The summed E-state index contributed by atoms with van der Waals surface area (Å²) in [5, 5.41) is 3.08. The van der Waals surface area contributed by atoms with Crippen molar-refractivity contribution >= 4 is 15.9 Å². The highest BCUT2D eigenvalue weighted by atomic mass is 32.2. The van der Waals surface area contributed by atoms with Gasteiger partial charge in [-0.2, -0.15) is 4.31 Å². The van der Waals surface area contributed by atoms with Crippen LogP contribution in [-0.4, -0.2) is 45.4 Å². The summed E-state index contributed by atoms with van der Waals surface area (Å²) in [4.78, 5) is 13.0. The van der Waals surface area contributed by atoms with Crippen molar-refractivity contribution in [2.75, 3.05) is 26.7 Å². The quantitative estimate of drug-likeness (QED) is 0.635. The molecule has 0 bridgehead atoms. The lowest BCUT2D eigenvalue weighted by Crippen LogP contribution is -2.39. The van der Waals surface area contributed by atoms with E-state index in [0.29, 0.717) is 25.2 Å². The molecule has 1 fully saturated rings. The molecular weight excluding hydrogens is 412 g/mol. The van der Waals surface area contributed by atoms with Crippen molar-refractivity contribution in [3.05, 3.63) is 59.7 Å². The van der Waals surface area contributed by atoms with E-state index < -0.39 is 10.0 Å². The minimum atomic E-state index is -3.53. The fourth-order valence-electron chi connectivity index (χ4n) is 4.41. The van der Waals surface area contributed by atoms with E-state index in [1.807, 2.05) is 26.0 Å². The third kappa shape index (κ3) is 4.93. The molecule has 1 saturated carbocycles. The van der Waals surface area contributed by atoms with Crippen LogP contribution < -0.4 is 10.1 Å². The summed E-state index contributed by atoms with van der Waals surface area (Å²) >= 11 is 0. The monoisotopic (exact) mass is 444 g/mol. The van der Waals surface area contributed by atoms with E-state index in [-0.39, 0.29) is 16.2 Å². The predicted octanol–water partition coefficient (Wildman–Crippen LogP) is 3.97. The first-order valence-corrected chi connectivity index (χ1v) is 12.3. The first-order valence-electron chi connectivity index (χ1n) is 10.9. The van der Waals surface area contributed by atoms with Crippen LogP contribution in [0.1, 0.15) is 55.5 Å². The number of benzene rings is 2. The Kier molecular flexibility index (Phi) is 7.38. The van der Waals surface area contributed by atoms with Gasteiger partial charge in [0.1, 0.15) is 5.75 Å². The Balaban J connectivity index is 1.72. The summed E-state index contributed by atoms with van der Waals surface area (Å²) in [7, 11) is -1.88. The minimum Gasteiger partial charge on any atom is -0.497 e. The number of methoxy groups -OCH3 is 1. The normalized spacial score (nSPS) is 15.7. The summed E-state index contributed by atoms with van der Waals surface area (Å²) in [6.07, 6.45) is 4.33. The minimum absolute atomic E-state index is 0.0754. The van der Waals surface area contributed by atoms with Crippen molar-refractivity contribution < 1.29 is 17.9 Å². The van der Waals surface area contributed by atoms with Gasteiger partial charge >= 0.3 is 0 Å². The number of nitrogens with one attached hydrogen (secondary N) is 1. The molecule has 1 amide bonds. The summed E-state index contributed by atoms with van der Waals surface area (Å²) in [6, 6.07) is 14.3. The van der Waals surface area contributed by atoms with Crippen LogP contribution >= 0.6 is 0 Å². The number of amides is 1. The van der Waals surface area contributed by atoms with E-state index in [1.165, 1.54) is 22.0 Å². The van der Waals surface area contributed by atoms with Crippen molar-refractivity contribution in [1.29, 1.82) is 0 Å². The SMILES string of the molecule is CCN(CC)S(=O)(=O)c1ccc(C(=O)NCC2(c3ccc(OC)cc3)CCCC2)cc1. The van der Waals surface area contributed by atoms with Crippen LogP contribution in [0, 0.1) is 0 Å². The molecule has 6 nitrogen and oxygen atoms in total. The van der Waals surface area contributed by atoms with E-state index in [0.717, 1.165) is 31.4 Å². The molecule has 2 aromatic rings. The van der Waals surface area contributed by atoms with Gasteiger partial charge in [-0.3, -0.25) is 4.79 Å². The molecule has 0 heterocycles. The fraction of sp³-hybridized carbons (Fsp3) is 0.458. The van der Waals surface area contributed by atoms with Gasteiger partial charge in [0.15, 0.2) is 0 Å². The number of carbonyl (C=O) groups excluding carboxylic acids is 1. The van der Waals surface area contributed by atoms with Gasteiger partial charge in [0.05, 0.1) is 12.0 Å². The van der Waals surface area contributed by atoms with E-state index >= 15 is 0 Å². The molecule has 3 rings (SSSR count). The number of hydrogen-bond acceptors (Lipinski definition) is 4. The second-order valence-corrected chi connectivity index (χ2v) is 9.95. The zero-order valence-electron chi connectivity index (χ0n) is 18.6. The number of carbonyl (C=O) groups is 1. The summed E-state index contributed by atoms with van der Waals surface area (Å²) < 4.78 is 31.9. The standard InChI is InChI=1S/C24H32N2O4S/c1-4-26(5-2)31(28,29)22-14-8-19(9-15-22)23(27)25-18-24(16-6-7-17-24)20-10-12-21(30-3)13-11-20/h8-15H,4-7,16-18H2,1-3H3,(H,25,27). The van der Waals surface area contributed by atoms with Crippen LogP contribution in [0.2, 0.25) is 0 Å². The van der Waals surface area contributed by atoms with Gasteiger partial charge in [0.25, 0.3) is 5.91 Å². The number of hydrogen-bond donors (Lipinski definition) is 1. The van der Waals surface area contributed by atoms with Gasteiger partial charge in [-0.05, 0) is 54.8 Å². The number of rotatable bonds is 9. The zero-order chi connectivity index (χ0) is 22.5. The van der Waals surface area contributed by atoms with Crippen LogP contribution in [0.15, 0.2) is 53.4 Å². The summed E-state index contributed by atoms with van der Waals surface area (Å²) in [5.41, 5.74) is 1.60. The average molecular weight is 445 g/mol. The van der Waals surface area contributed by atoms with Gasteiger partial charge in [-0.1, -0.05) is 38.8 Å². The Bertz CT molecular complexity index is 975. The molecule has 0 spiro atoms.